The van der Waals surface area contributed by atoms with Gasteiger partial charge in [-0.3, -0.25) is 0 Å². The predicted octanol–water partition coefficient (Wildman–Crippen LogP) is 1.01. The van der Waals surface area contributed by atoms with E-state index in [0.29, 0.717) is 23.8 Å². The van der Waals surface area contributed by atoms with Crippen molar-refractivity contribution in [3.8, 4) is 17.2 Å². The predicted molar refractivity (Wildman–Crippen MR) is 69.9 cm³/mol. The van der Waals surface area contributed by atoms with Gasteiger partial charge in [0.15, 0.2) is 11.5 Å². The Morgan fingerprint density at radius 3 is 2.06 bits per heavy atom. The zero-order valence-electron chi connectivity index (χ0n) is 11.3. The van der Waals surface area contributed by atoms with E-state index >= 15 is 0 Å². The first-order valence-corrected chi connectivity index (χ1v) is 5.77. The monoisotopic (exact) mass is 255 g/mol. The number of aliphatic hydroxyl groups is 1. The van der Waals surface area contributed by atoms with Gasteiger partial charge in [0.2, 0.25) is 0 Å². The molecule has 0 saturated carbocycles. The summed E-state index contributed by atoms with van der Waals surface area (Å²) in [6, 6.07) is 3.61. The molecule has 0 amide bonds. The van der Waals surface area contributed by atoms with Gasteiger partial charge in [-0.2, -0.15) is 0 Å². The van der Waals surface area contributed by atoms with E-state index < -0.39 is 0 Å². The topological polar surface area (TPSA) is 60.0 Å². The summed E-state index contributed by atoms with van der Waals surface area (Å²) < 4.78 is 15.8. The summed E-state index contributed by atoms with van der Waals surface area (Å²) in [7, 11) is 6.60. The summed E-state index contributed by atoms with van der Waals surface area (Å²) in [5, 5.41) is 12.5. The van der Waals surface area contributed by atoms with Gasteiger partial charge in [0.25, 0.3) is 0 Å². The fourth-order valence-electron chi connectivity index (χ4n) is 1.89. The summed E-state index contributed by atoms with van der Waals surface area (Å²) in [6.45, 7) is 0.690. The van der Waals surface area contributed by atoms with Gasteiger partial charge >= 0.3 is 0 Å². The van der Waals surface area contributed by atoms with E-state index in [4.69, 9.17) is 14.2 Å². The summed E-state index contributed by atoms with van der Waals surface area (Å²) in [5.41, 5.74) is 0.895. The molecule has 1 rings (SSSR count). The van der Waals surface area contributed by atoms with Crippen LogP contribution < -0.4 is 19.5 Å². The lowest BCUT2D eigenvalue weighted by Gasteiger charge is -2.19. The first kappa shape index (κ1) is 14.6. The molecule has 0 spiro atoms. The first-order valence-electron chi connectivity index (χ1n) is 5.77. The normalized spacial score (nSPS) is 12.1. The molecule has 5 heteroatoms. The van der Waals surface area contributed by atoms with Crippen molar-refractivity contribution in [1.82, 2.24) is 5.32 Å². The zero-order chi connectivity index (χ0) is 13.5. The average molecular weight is 255 g/mol. The number of likely N-dealkylation sites (N-methyl/N-ethyl adjacent to an activating group) is 1. The largest absolute Gasteiger partial charge is 0.496 e. The van der Waals surface area contributed by atoms with E-state index in [9.17, 15) is 5.11 Å². The Balaban J connectivity index is 3.23. The molecule has 102 valence electrons. The second-order valence-electron chi connectivity index (χ2n) is 3.89. The van der Waals surface area contributed by atoms with Crippen LogP contribution in [0.25, 0.3) is 0 Å². The molecule has 0 aliphatic carbocycles. The minimum Gasteiger partial charge on any atom is -0.496 e. The van der Waals surface area contributed by atoms with Crippen LogP contribution in [0.3, 0.4) is 0 Å². The molecule has 0 heterocycles. The Morgan fingerprint density at radius 1 is 1.06 bits per heavy atom. The van der Waals surface area contributed by atoms with Crippen molar-refractivity contribution in [2.75, 3.05) is 41.5 Å². The summed E-state index contributed by atoms with van der Waals surface area (Å²) >= 11 is 0. The molecular weight excluding hydrogens is 234 g/mol. The molecule has 0 bridgehead atoms. The first-order chi connectivity index (χ1) is 8.71. The molecule has 1 unspecified atom stereocenters. The average Bonchev–Trinajstić information content (AvgIpc) is 2.43. The van der Waals surface area contributed by atoms with E-state index in [0.717, 1.165) is 5.56 Å². The molecule has 0 radical (unpaired) electrons. The molecule has 1 aromatic rings. The van der Waals surface area contributed by atoms with Crippen molar-refractivity contribution >= 4 is 0 Å². The lowest BCUT2D eigenvalue weighted by atomic mass is 9.98. The minimum atomic E-state index is -0.0512. The number of hydrogen-bond donors (Lipinski definition) is 2. The van der Waals surface area contributed by atoms with E-state index in [1.54, 1.807) is 27.4 Å². The number of aliphatic hydroxyl groups excluding tert-OH is 1. The fraction of sp³-hybridized carbons (Fsp3) is 0.538. The Kier molecular flexibility index (Phi) is 5.74. The van der Waals surface area contributed by atoms with E-state index in [1.807, 2.05) is 13.1 Å². The van der Waals surface area contributed by atoms with Gasteiger partial charge in [-0.05, 0) is 13.1 Å². The Labute approximate surface area is 108 Å². The van der Waals surface area contributed by atoms with Crippen molar-refractivity contribution in [1.29, 1.82) is 0 Å². The Morgan fingerprint density at radius 2 is 1.61 bits per heavy atom. The van der Waals surface area contributed by atoms with Gasteiger partial charge in [0, 0.05) is 24.1 Å². The smallest absolute Gasteiger partial charge is 0.164 e. The van der Waals surface area contributed by atoms with Gasteiger partial charge in [-0.15, -0.1) is 0 Å². The van der Waals surface area contributed by atoms with Gasteiger partial charge in [0.1, 0.15) is 5.75 Å². The highest BCUT2D eigenvalue weighted by atomic mass is 16.5. The second kappa shape index (κ2) is 7.08. The molecule has 0 aliphatic rings. The molecule has 0 aromatic heterocycles. The zero-order valence-corrected chi connectivity index (χ0v) is 11.3. The number of ether oxygens (including phenoxy) is 3. The molecule has 0 fully saturated rings. The summed E-state index contributed by atoms with van der Waals surface area (Å²) in [5.74, 6) is 1.87. The van der Waals surface area contributed by atoms with Crippen molar-refractivity contribution in [3.63, 3.8) is 0 Å². The standard InChI is InChI=1S/C13H21NO4/c1-14-7-9(8-15)10-5-12(17-3)13(18-4)6-11(10)16-2/h5-6,9,14-15H,7-8H2,1-4H3. The third-order valence-corrected chi connectivity index (χ3v) is 2.85. The Bertz CT molecular complexity index is 381. The van der Waals surface area contributed by atoms with E-state index in [2.05, 4.69) is 5.32 Å². The van der Waals surface area contributed by atoms with Crippen molar-refractivity contribution < 1.29 is 19.3 Å². The van der Waals surface area contributed by atoms with Crippen LogP contribution >= 0.6 is 0 Å². The quantitative estimate of drug-likeness (QED) is 0.761. The molecule has 1 atom stereocenters. The van der Waals surface area contributed by atoms with Crippen LogP contribution in [0.4, 0.5) is 0 Å². The third-order valence-electron chi connectivity index (χ3n) is 2.85. The minimum absolute atomic E-state index is 0.0344. The van der Waals surface area contributed by atoms with E-state index in [-0.39, 0.29) is 12.5 Å². The van der Waals surface area contributed by atoms with Crippen molar-refractivity contribution in [2.24, 2.45) is 0 Å². The number of hydrogen-bond acceptors (Lipinski definition) is 5. The fourth-order valence-corrected chi connectivity index (χ4v) is 1.89. The van der Waals surface area contributed by atoms with Crippen LogP contribution in [0.2, 0.25) is 0 Å². The van der Waals surface area contributed by atoms with Crippen LogP contribution in [-0.4, -0.2) is 46.6 Å². The summed E-state index contributed by atoms with van der Waals surface area (Å²) in [4.78, 5) is 0. The van der Waals surface area contributed by atoms with E-state index in [1.165, 1.54) is 0 Å². The molecular formula is C13H21NO4. The number of methoxy groups -OCH3 is 3. The number of nitrogens with one attached hydrogen (secondary N) is 1. The second-order valence-corrected chi connectivity index (χ2v) is 3.89. The maximum absolute atomic E-state index is 9.45. The van der Waals surface area contributed by atoms with Crippen LogP contribution in [0.1, 0.15) is 11.5 Å². The highest BCUT2D eigenvalue weighted by Crippen LogP contribution is 2.37. The highest BCUT2D eigenvalue weighted by Gasteiger charge is 2.18. The molecule has 5 nitrogen and oxygen atoms in total. The molecule has 0 aliphatic heterocycles. The van der Waals surface area contributed by atoms with Crippen molar-refractivity contribution in [3.05, 3.63) is 17.7 Å². The van der Waals surface area contributed by atoms with Crippen molar-refractivity contribution in [2.45, 2.75) is 5.92 Å². The van der Waals surface area contributed by atoms with Crippen LogP contribution in [0.5, 0.6) is 17.2 Å². The maximum Gasteiger partial charge on any atom is 0.164 e. The third kappa shape index (κ3) is 3.05. The molecule has 18 heavy (non-hydrogen) atoms. The van der Waals surface area contributed by atoms with Gasteiger partial charge in [-0.25, -0.2) is 0 Å². The van der Waals surface area contributed by atoms with Gasteiger partial charge < -0.3 is 24.6 Å². The Hall–Kier alpha value is -1.46. The maximum atomic E-state index is 9.45. The SMILES string of the molecule is CNCC(CO)c1cc(OC)c(OC)cc1OC. The molecule has 2 N–H and O–H groups in total. The van der Waals surface area contributed by atoms with Crippen LogP contribution in [-0.2, 0) is 0 Å². The van der Waals surface area contributed by atoms with Gasteiger partial charge in [0.05, 0.1) is 27.9 Å². The van der Waals surface area contributed by atoms with Crippen LogP contribution in [0.15, 0.2) is 12.1 Å². The molecule has 0 saturated heterocycles. The summed E-state index contributed by atoms with van der Waals surface area (Å²) in [6.07, 6.45) is 0. The number of benzene rings is 1. The molecule has 1 aromatic carbocycles. The number of rotatable bonds is 7. The highest BCUT2D eigenvalue weighted by molar-refractivity contribution is 5.52. The lowest BCUT2D eigenvalue weighted by Crippen LogP contribution is -2.20. The lowest BCUT2D eigenvalue weighted by molar-refractivity contribution is 0.259. The van der Waals surface area contributed by atoms with Gasteiger partial charge in [-0.1, -0.05) is 0 Å². The van der Waals surface area contributed by atoms with Crippen LogP contribution in [0, 0.1) is 0 Å².